The van der Waals surface area contributed by atoms with Crippen LogP contribution in [0, 0.1) is 5.41 Å². The normalized spacial score (nSPS) is 29.2. The van der Waals surface area contributed by atoms with Crippen molar-refractivity contribution < 1.29 is 14.3 Å². The zero-order valence-corrected chi connectivity index (χ0v) is 14.0. The van der Waals surface area contributed by atoms with Gasteiger partial charge < -0.3 is 9.47 Å². The average Bonchev–Trinajstić information content (AvgIpc) is 3.09. The second-order valence-electron chi connectivity index (χ2n) is 7.16. The number of hydrogen-bond acceptors (Lipinski definition) is 3. The van der Waals surface area contributed by atoms with Crippen molar-refractivity contribution >= 4 is 5.78 Å². The molecule has 122 valence electrons. The Balaban J connectivity index is 1.78. The highest BCUT2D eigenvalue weighted by Gasteiger charge is 2.41. The van der Waals surface area contributed by atoms with Crippen LogP contribution < -0.4 is 0 Å². The van der Waals surface area contributed by atoms with E-state index >= 15 is 0 Å². The molecule has 1 heterocycles. The molecule has 0 unspecified atom stereocenters. The fourth-order valence-electron chi connectivity index (χ4n) is 4.12. The van der Waals surface area contributed by atoms with Crippen LogP contribution in [-0.2, 0) is 14.3 Å². The van der Waals surface area contributed by atoms with Crippen molar-refractivity contribution in [3.63, 3.8) is 0 Å². The fourth-order valence-corrected chi connectivity index (χ4v) is 4.12. The zero-order valence-electron chi connectivity index (χ0n) is 14.0. The summed E-state index contributed by atoms with van der Waals surface area (Å²) in [7, 11) is 0. The Labute approximate surface area is 133 Å². The third kappa shape index (κ3) is 3.21. The Morgan fingerprint density at radius 3 is 2.77 bits per heavy atom. The van der Waals surface area contributed by atoms with E-state index in [0.717, 1.165) is 45.3 Å². The van der Waals surface area contributed by atoms with Crippen LogP contribution in [0.1, 0.15) is 65.2 Å². The van der Waals surface area contributed by atoms with Crippen LogP contribution in [0.15, 0.2) is 22.8 Å². The molecule has 1 saturated heterocycles. The first-order chi connectivity index (χ1) is 10.6. The monoisotopic (exact) mass is 304 g/mol. The number of carbonyl (C=O) groups excluding carboxylic acids is 1. The van der Waals surface area contributed by atoms with Gasteiger partial charge in [0.2, 0.25) is 0 Å². The maximum atomic E-state index is 12.0. The molecule has 3 aliphatic rings. The highest BCUT2D eigenvalue weighted by molar-refractivity contribution is 5.95. The molecule has 1 aliphatic heterocycles. The van der Waals surface area contributed by atoms with Crippen molar-refractivity contribution in [2.24, 2.45) is 5.41 Å². The number of carbonyl (C=O) groups is 1. The largest absolute Gasteiger partial charge is 0.350 e. The summed E-state index contributed by atoms with van der Waals surface area (Å²) < 4.78 is 11.1. The lowest BCUT2D eigenvalue weighted by Crippen LogP contribution is -2.23. The van der Waals surface area contributed by atoms with Crippen molar-refractivity contribution in [2.75, 3.05) is 13.2 Å². The number of rotatable bonds is 6. The minimum absolute atomic E-state index is 0.0209. The maximum Gasteiger partial charge on any atom is 0.158 e. The van der Waals surface area contributed by atoms with Crippen LogP contribution in [0.5, 0.6) is 0 Å². The number of allylic oxidation sites excluding steroid dienone is 4. The van der Waals surface area contributed by atoms with E-state index in [2.05, 4.69) is 13.8 Å². The molecule has 0 N–H and O–H groups in total. The van der Waals surface area contributed by atoms with Crippen molar-refractivity contribution in [2.45, 2.75) is 71.5 Å². The summed E-state index contributed by atoms with van der Waals surface area (Å²) in [6.07, 6.45) is 10.4. The quantitative estimate of drug-likeness (QED) is 0.733. The minimum Gasteiger partial charge on any atom is -0.350 e. The molecule has 3 heteroatoms. The molecular formula is C19H28O3. The second kappa shape index (κ2) is 6.67. The molecule has 0 aromatic heterocycles. The van der Waals surface area contributed by atoms with Gasteiger partial charge in [-0.05, 0) is 49.3 Å². The van der Waals surface area contributed by atoms with Gasteiger partial charge in [-0.1, -0.05) is 25.8 Å². The van der Waals surface area contributed by atoms with Crippen LogP contribution in [0.4, 0.5) is 0 Å². The van der Waals surface area contributed by atoms with Gasteiger partial charge in [-0.25, -0.2) is 0 Å². The first-order valence-electron chi connectivity index (χ1n) is 8.82. The summed E-state index contributed by atoms with van der Waals surface area (Å²) in [4.78, 5) is 12.0. The van der Waals surface area contributed by atoms with Crippen LogP contribution in [0.25, 0.3) is 0 Å². The van der Waals surface area contributed by atoms with Gasteiger partial charge in [-0.15, -0.1) is 0 Å². The fraction of sp³-hybridized carbons (Fsp3) is 0.737. The van der Waals surface area contributed by atoms with Crippen molar-refractivity contribution in [1.29, 1.82) is 0 Å². The summed E-state index contributed by atoms with van der Waals surface area (Å²) in [6, 6.07) is 0. The van der Waals surface area contributed by atoms with Gasteiger partial charge in [0, 0.05) is 18.3 Å². The molecule has 0 aromatic carbocycles. The molecule has 0 spiro atoms. The topological polar surface area (TPSA) is 35.5 Å². The number of fused-ring (bicyclic) bond motifs is 1. The van der Waals surface area contributed by atoms with E-state index < -0.39 is 0 Å². The van der Waals surface area contributed by atoms with E-state index in [1.165, 1.54) is 24.0 Å². The Bertz CT molecular complexity index is 497. The van der Waals surface area contributed by atoms with E-state index in [1.54, 1.807) is 5.57 Å². The van der Waals surface area contributed by atoms with Gasteiger partial charge >= 0.3 is 0 Å². The summed E-state index contributed by atoms with van der Waals surface area (Å²) in [6.45, 7) is 5.96. The van der Waals surface area contributed by atoms with Crippen LogP contribution in [0.2, 0.25) is 0 Å². The van der Waals surface area contributed by atoms with Gasteiger partial charge in [-0.3, -0.25) is 4.79 Å². The van der Waals surface area contributed by atoms with E-state index in [-0.39, 0.29) is 11.7 Å². The van der Waals surface area contributed by atoms with E-state index in [9.17, 15) is 4.79 Å². The first-order valence-corrected chi connectivity index (χ1v) is 8.82. The van der Waals surface area contributed by atoms with E-state index in [0.29, 0.717) is 12.2 Å². The first kappa shape index (κ1) is 15.9. The van der Waals surface area contributed by atoms with Crippen molar-refractivity contribution in [3.8, 4) is 0 Å². The van der Waals surface area contributed by atoms with Gasteiger partial charge in [0.25, 0.3) is 0 Å². The highest BCUT2D eigenvalue weighted by atomic mass is 16.7. The molecule has 1 atom stereocenters. The Morgan fingerprint density at radius 1 is 1.27 bits per heavy atom. The molecular weight excluding hydrogens is 276 g/mol. The summed E-state index contributed by atoms with van der Waals surface area (Å²) >= 11 is 0. The molecule has 1 fully saturated rings. The lowest BCUT2D eigenvalue weighted by atomic mass is 9.68. The molecule has 2 aliphatic carbocycles. The number of unbranched alkanes of at least 4 members (excludes halogenated alkanes) is 1. The second-order valence-corrected chi connectivity index (χ2v) is 7.16. The summed E-state index contributed by atoms with van der Waals surface area (Å²) in [5.41, 5.74) is 4.48. The predicted octanol–water partition coefficient (Wildman–Crippen LogP) is 4.33. The highest BCUT2D eigenvalue weighted by Crippen LogP contribution is 2.51. The lowest BCUT2D eigenvalue weighted by Gasteiger charge is -2.36. The van der Waals surface area contributed by atoms with Crippen LogP contribution in [-0.4, -0.2) is 25.3 Å². The van der Waals surface area contributed by atoms with E-state index in [1.807, 2.05) is 6.08 Å². The van der Waals surface area contributed by atoms with Crippen molar-refractivity contribution in [3.05, 3.63) is 22.8 Å². The standard InChI is InChI=1S/C19H28O3/c1-3-4-5-16-14(6-7-18-21-10-11-22-18)8-9-19(2)13-15(20)12-17(16)19/h12,18H,3-11,13H2,1-2H3/t19-/m1/s1. The van der Waals surface area contributed by atoms with Crippen LogP contribution in [0.3, 0.4) is 0 Å². The Morgan fingerprint density at radius 2 is 2.05 bits per heavy atom. The SMILES string of the molecule is CCCCC1=C(CCC2OCCO2)CC[C@]2(C)CC(=O)C=C12. The Hall–Kier alpha value is -0.930. The smallest absolute Gasteiger partial charge is 0.158 e. The maximum absolute atomic E-state index is 12.0. The zero-order chi connectivity index (χ0) is 15.6. The van der Waals surface area contributed by atoms with Crippen molar-refractivity contribution in [1.82, 2.24) is 0 Å². The van der Waals surface area contributed by atoms with Gasteiger partial charge in [0.05, 0.1) is 13.2 Å². The molecule has 0 bridgehead atoms. The number of ketones is 1. The molecule has 0 saturated carbocycles. The molecule has 0 aromatic rings. The predicted molar refractivity (Wildman–Crippen MR) is 86.5 cm³/mol. The van der Waals surface area contributed by atoms with E-state index in [4.69, 9.17) is 9.47 Å². The van der Waals surface area contributed by atoms with Crippen LogP contribution >= 0.6 is 0 Å². The van der Waals surface area contributed by atoms with Gasteiger partial charge in [0.1, 0.15) is 0 Å². The average molecular weight is 304 g/mol. The number of hydrogen-bond donors (Lipinski definition) is 0. The Kier molecular flexibility index (Phi) is 4.84. The minimum atomic E-state index is -0.0209. The molecule has 0 amide bonds. The third-order valence-corrected chi connectivity index (χ3v) is 5.40. The summed E-state index contributed by atoms with van der Waals surface area (Å²) in [5, 5.41) is 0. The molecule has 3 rings (SSSR count). The van der Waals surface area contributed by atoms with Gasteiger partial charge in [-0.2, -0.15) is 0 Å². The molecule has 0 radical (unpaired) electrons. The molecule has 3 nitrogen and oxygen atoms in total. The number of ether oxygens (including phenoxy) is 2. The lowest BCUT2D eigenvalue weighted by molar-refractivity contribution is -0.115. The van der Waals surface area contributed by atoms with Gasteiger partial charge in [0.15, 0.2) is 12.1 Å². The molecule has 22 heavy (non-hydrogen) atoms. The summed E-state index contributed by atoms with van der Waals surface area (Å²) in [5.74, 6) is 0.315. The third-order valence-electron chi connectivity index (χ3n) is 5.40.